The third-order valence-electron chi connectivity index (χ3n) is 3.34. The fraction of sp³-hybridized carbons (Fsp3) is 0.118. The Morgan fingerprint density at radius 2 is 1.87 bits per heavy atom. The lowest BCUT2D eigenvalue weighted by Gasteiger charge is -2.08. The van der Waals surface area contributed by atoms with Gasteiger partial charge in [0.05, 0.1) is 18.5 Å². The molecule has 0 unspecified atom stereocenters. The highest BCUT2D eigenvalue weighted by atomic mass is 32.1. The second-order valence-corrected chi connectivity index (χ2v) is 6.08. The first-order valence-electron chi connectivity index (χ1n) is 6.91. The van der Waals surface area contributed by atoms with Crippen molar-refractivity contribution in [3.05, 3.63) is 59.0 Å². The molecule has 2 aromatic carbocycles. The highest BCUT2D eigenvalue weighted by molar-refractivity contribution is 7.16. The summed E-state index contributed by atoms with van der Waals surface area (Å²) in [6.07, 6.45) is 0. The maximum Gasteiger partial charge on any atom is 0.188 e. The van der Waals surface area contributed by atoms with Crippen molar-refractivity contribution in [3.8, 4) is 17.0 Å². The lowest BCUT2D eigenvalue weighted by Crippen LogP contribution is -1.94. The van der Waals surface area contributed by atoms with Gasteiger partial charge in [-0.2, -0.15) is 0 Å². The number of benzene rings is 2. The van der Waals surface area contributed by atoms with Crippen molar-refractivity contribution in [3.63, 3.8) is 0 Å². The van der Waals surface area contributed by atoms with E-state index in [2.05, 4.69) is 10.3 Å². The molecule has 1 N–H and O–H groups in total. The van der Waals surface area contributed by atoms with E-state index in [1.54, 1.807) is 7.11 Å². The molecular formula is C17H14F2N2OS. The highest BCUT2D eigenvalue weighted by Crippen LogP contribution is 2.34. The molecular weight excluding hydrogens is 318 g/mol. The van der Waals surface area contributed by atoms with Crippen LogP contribution in [0.1, 0.15) is 4.88 Å². The molecule has 0 aliphatic carbocycles. The molecule has 0 bridgehead atoms. The zero-order valence-corrected chi connectivity index (χ0v) is 13.4. The maximum absolute atomic E-state index is 13.4. The number of hydrogen-bond donors (Lipinski definition) is 1. The Balaban J connectivity index is 1.93. The van der Waals surface area contributed by atoms with Gasteiger partial charge in [0.2, 0.25) is 0 Å². The fourth-order valence-electron chi connectivity index (χ4n) is 2.22. The quantitative estimate of drug-likeness (QED) is 0.717. The molecule has 0 amide bonds. The Hall–Kier alpha value is -2.47. The molecule has 3 aromatic rings. The molecule has 0 spiro atoms. The zero-order chi connectivity index (χ0) is 16.4. The van der Waals surface area contributed by atoms with Crippen molar-refractivity contribution < 1.29 is 13.5 Å². The zero-order valence-electron chi connectivity index (χ0n) is 12.6. The van der Waals surface area contributed by atoms with Crippen LogP contribution < -0.4 is 10.1 Å². The summed E-state index contributed by atoms with van der Waals surface area (Å²) in [6.45, 7) is 1.89. The fourth-order valence-corrected chi connectivity index (χ4v) is 3.07. The van der Waals surface area contributed by atoms with Crippen molar-refractivity contribution in [2.75, 3.05) is 12.4 Å². The van der Waals surface area contributed by atoms with Gasteiger partial charge in [0.1, 0.15) is 5.75 Å². The molecule has 6 heteroatoms. The Morgan fingerprint density at radius 3 is 2.61 bits per heavy atom. The molecule has 0 saturated heterocycles. The van der Waals surface area contributed by atoms with Crippen LogP contribution >= 0.6 is 11.3 Å². The molecule has 0 saturated carbocycles. The van der Waals surface area contributed by atoms with Gasteiger partial charge in [-0.05, 0) is 37.3 Å². The number of ether oxygens (including phenoxy) is 1. The first-order chi connectivity index (χ1) is 11.1. The number of para-hydroxylation sites is 2. The molecule has 1 heterocycles. The van der Waals surface area contributed by atoms with Crippen LogP contribution in [0.3, 0.4) is 0 Å². The van der Waals surface area contributed by atoms with E-state index in [0.717, 1.165) is 22.7 Å². The summed E-state index contributed by atoms with van der Waals surface area (Å²) >= 11 is 1.44. The summed E-state index contributed by atoms with van der Waals surface area (Å²) in [5, 5.41) is 3.85. The minimum Gasteiger partial charge on any atom is -0.495 e. The number of anilines is 2. The number of rotatable bonds is 4. The predicted molar refractivity (Wildman–Crippen MR) is 88.5 cm³/mol. The van der Waals surface area contributed by atoms with Crippen LogP contribution in [-0.4, -0.2) is 12.1 Å². The monoisotopic (exact) mass is 332 g/mol. The van der Waals surface area contributed by atoms with Gasteiger partial charge in [0, 0.05) is 10.4 Å². The van der Waals surface area contributed by atoms with E-state index in [9.17, 15) is 8.78 Å². The molecule has 0 radical (unpaired) electrons. The first kappa shape index (κ1) is 15.4. The Kier molecular flexibility index (Phi) is 4.25. The lowest BCUT2D eigenvalue weighted by atomic mass is 10.1. The number of thiazole rings is 1. The van der Waals surface area contributed by atoms with Gasteiger partial charge in [-0.3, -0.25) is 0 Å². The molecule has 3 rings (SSSR count). The SMILES string of the molecule is COc1ccccc1Nc1nc(-c2ccc(F)c(F)c2)c(C)s1. The Bertz CT molecular complexity index is 848. The summed E-state index contributed by atoms with van der Waals surface area (Å²) in [5.41, 5.74) is 1.97. The van der Waals surface area contributed by atoms with E-state index >= 15 is 0 Å². The van der Waals surface area contributed by atoms with Gasteiger partial charge < -0.3 is 10.1 Å². The number of nitrogens with zero attached hydrogens (tertiary/aromatic N) is 1. The van der Waals surface area contributed by atoms with Crippen LogP contribution in [0.5, 0.6) is 5.75 Å². The maximum atomic E-state index is 13.4. The van der Waals surface area contributed by atoms with Gasteiger partial charge in [0.25, 0.3) is 0 Å². The van der Waals surface area contributed by atoms with E-state index in [1.165, 1.54) is 17.4 Å². The summed E-state index contributed by atoms with van der Waals surface area (Å²) in [4.78, 5) is 5.39. The van der Waals surface area contributed by atoms with Crippen molar-refractivity contribution in [1.82, 2.24) is 4.98 Å². The van der Waals surface area contributed by atoms with Crippen LogP contribution in [0.2, 0.25) is 0 Å². The van der Waals surface area contributed by atoms with Gasteiger partial charge in [-0.1, -0.05) is 12.1 Å². The third kappa shape index (κ3) is 3.17. The van der Waals surface area contributed by atoms with E-state index < -0.39 is 11.6 Å². The van der Waals surface area contributed by atoms with Crippen LogP contribution in [-0.2, 0) is 0 Å². The number of hydrogen-bond acceptors (Lipinski definition) is 4. The third-order valence-corrected chi connectivity index (χ3v) is 4.22. The molecule has 3 nitrogen and oxygen atoms in total. The van der Waals surface area contributed by atoms with E-state index in [4.69, 9.17) is 4.74 Å². The average Bonchev–Trinajstić information content (AvgIpc) is 2.91. The average molecular weight is 332 g/mol. The molecule has 0 aliphatic rings. The smallest absolute Gasteiger partial charge is 0.188 e. The summed E-state index contributed by atoms with van der Waals surface area (Å²) in [5.74, 6) is -1.04. The van der Waals surface area contributed by atoms with Crippen molar-refractivity contribution in [2.45, 2.75) is 6.92 Å². The highest BCUT2D eigenvalue weighted by Gasteiger charge is 2.13. The topological polar surface area (TPSA) is 34.1 Å². The molecule has 118 valence electrons. The Labute approximate surface area is 136 Å². The van der Waals surface area contributed by atoms with E-state index in [0.29, 0.717) is 22.1 Å². The molecule has 0 fully saturated rings. The molecule has 0 aliphatic heterocycles. The number of nitrogens with one attached hydrogen (secondary N) is 1. The first-order valence-corrected chi connectivity index (χ1v) is 7.73. The second-order valence-electron chi connectivity index (χ2n) is 4.88. The van der Waals surface area contributed by atoms with Crippen LogP contribution in [0.4, 0.5) is 19.6 Å². The second kappa shape index (κ2) is 6.34. The summed E-state index contributed by atoms with van der Waals surface area (Å²) < 4.78 is 31.8. The number of methoxy groups -OCH3 is 1. The van der Waals surface area contributed by atoms with Crippen LogP contribution in [0.15, 0.2) is 42.5 Å². The molecule has 0 atom stereocenters. The normalized spacial score (nSPS) is 10.6. The number of aromatic nitrogens is 1. The molecule has 23 heavy (non-hydrogen) atoms. The lowest BCUT2D eigenvalue weighted by molar-refractivity contribution is 0.417. The minimum atomic E-state index is -0.880. The van der Waals surface area contributed by atoms with Crippen molar-refractivity contribution in [2.24, 2.45) is 0 Å². The largest absolute Gasteiger partial charge is 0.495 e. The van der Waals surface area contributed by atoms with Gasteiger partial charge >= 0.3 is 0 Å². The van der Waals surface area contributed by atoms with Gasteiger partial charge in [0.15, 0.2) is 16.8 Å². The van der Waals surface area contributed by atoms with Gasteiger partial charge in [-0.25, -0.2) is 13.8 Å². The Morgan fingerprint density at radius 1 is 1.09 bits per heavy atom. The number of aryl methyl sites for hydroxylation is 1. The summed E-state index contributed by atoms with van der Waals surface area (Å²) in [7, 11) is 1.60. The molecule has 1 aromatic heterocycles. The van der Waals surface area contributed by atoms with Crippen LogP contribution in [0.25, 0.3) is 11.3 Å². The predicted octanol–water partition coefficient (Wildman–Crippen LogP) is 5.15. The van der Waals surface area contributed by atoms with Crippen molar-refractivity contribution >= 4 is 22.2 Å². The standard InChI is InChI=1S/C17H14F2N2OS/c1-10-16(11-7-8-12(18)13(19)9-11)21-17(23-10)20-14-5-3-4-6-15(14)22-2/h3-9H,1-2H3,(H,20,21). The van der Waals surface area contributed by atoms with Gasteiger partial charge in [-0.15, -0.1) is 11.3 Å². The van der Waals surface area contributed by atoms with E-state index in [-0.39, 0.29) is 0 Å². The minimum absolute atomic E-state index is 0.547. The number of halogens is 2. The van der Waals surface area contributed by atoms with Crippen molar-refractivity contribution in [1.29, 1.82) is 0 Å². The summed E-state index contributed by atoms with van der Waals surface area (Å²) in [6, 6.07) is 11.3. The van der Waals surface area contributed by atoms with Crippen LogP contribution in [0, 0.1) is 18.6 Å². The van der Waals surface area contributed by atoms with E-state index in [1.807, 2.05) is 31.2 Å².